The Labute approximate surface area is 152 Å². The first-order chi connectivity index (χ1) is 12.1. The highest BCUT2D eigenvalue weighted by Crippen LogP contribution is 2.36. The Balaban J connectivity index is 2.20. The van der Waals surface area contributed by atoms with E-state index >= 15 is 0 Å². The minimum atomic E-state index is -1.01. The second kappa shape index (κ2) is 12.9. The maximum atomic E-state index is 12.1. The molecule has 1 fully saturated rings. The number of Topliss-reactive ketones (excluding diaryl/α,β-unsaturated/α-hetero) is 1. The molecule has 1 aliphatic carbocycles. The highest BCUT2D eigenvalue weighted by atomic mass is 16.5. The molecule has 0 aromatic heterocycles. The molecule has 25 heavy (non-hydrogen) atoms. The van der Waals surface area contributed by atoms with E-state index in [1.807, 2.05) is 0 Å². The van der Waals surface area contributed by atoms with Crippen molar-refractivity contribution in [2.75, 3.05) is 7.11 Å². The molecule has 0 bridgehead atoms. The van der Waals surface area contributed by atoms with E-state index in [1.54, 1.807) is 0 Å². The van der Waals surface area contributed by atoms with E-state index in [1.165, 1.54) is 7.11 Å². The van der Waals surface area contributed by atoms with Crippen LogP contribution in [0.15, 0.2) is 0 Å². The molecule has 0 aliphatic heterocycles. The zero-order valence-electron chi connectivity index (χ0n) is 15.9. The molecule has 3 atom stereocenters. The van der Waals surface area contributed by atoms with E-state index in [9.17, 15) is 14.7 Å². The van der Waals surface area contributed by atoms with Gasteiger partial charge in [0.15, 0.2) is 6.10 Å². The number of carbonyl (C=O) groups excluding carboxylic acids is 2. The Bertz CT molecular complexity index is 460. The van der Waals surface area contributed by atoms with Gasteiger partial charge in [-0.25, -0.2) is 4.79 Å². The molecule has 1 unspecified atom stereocenters. The quantitative estimate of drug-likeness (QED) is 0.347. The number of aliphatic hydroxyl groups excluding tert-OH is 1. The Morgan fingerprint density at radius 2 is 1.96 bits per heavy atom. The number of hydrogen-bond donors (Lipinski definition) is 1. The summed E-state index contributed by atoms with van der Waals surface area (Å²) in [6, 6.07) is 0. The molecule has 0 aromatic rings. The van der Waals surface area contributed by atoms with Gasteiger partial charge in [-0.3, -0.25) is 4.79 Å². The molecular formula is C21H34O4. The topological polar surface area (TPSA) is 63.6 Å². The van der Waals surface area contributed by atoms with Gasteiger partial charge in [0, 0.05) is 25.2 Å². The lowest BCUT2D eigenvalue weighted by Gasteiger charge is -2.18. The Morgan fingerprint density at radius 3 is 2.68 bits per heavy atom. The van der Waals surface area contributed by atoms with Gasteiger partial charge in [-0.05, 0) is 44.4 Å². The lowest BCUT2D eigenvalue weighted by Crippen LogP contribution is -2.21. The second-order valence-corrected chi connectivity index (χ2v) is 7.04. The highest BCUT2D eigenvalue weighted by Gasteiger charge is 2.33. The molecule has 0 radical (unpaired) electrons. The lowest BCUT2D eigenvalue weighted by atomic mass is 9.86. The molecule has 0 spiro atoms. The van der Waals surface area contributed by atoms with Crippen molar-refractivity contribution in [3.05, 3.63) is 0 Å². The third kappa shape index (κ3) is 8.54. The first-order valence-electron chi connectivity index (χ1n) is 9.84. The summed E-state index contributed by atoms with van der Waals surface area (Å²) in [6.07, 6.45) is 10.1. The van der Waals surface area contributed by atoms with Crippen molar-refractivity contribution in [3.63, 3.8) is 0 Å². The van der Waals surface area contributed by atoms with Gasteiger partial charge < -0.3 is 9.84 Å². The molecule has 1 N–H and O–H groups in total. The van der Waals surface area contributed by atoms with Crippen LogP contribution in [0.2, 0.25) is 0 Å². The van der Waals surface area contributed by atoms with Crippen molar-refractivity contribution in [2.24, 2.45) is 11.8 Å². The number of methoxy groups -OCH3 is 1. The number of ether oxygens (including phenoxy) is 1. The van der Waals surface area contributed by atoms with Gasteiger partial charge >= 0.3 is 5.97 Å². The van der Waals surface area contributed by atoms with Crippen molar-refractivity contribution >= 4 is 11.8 Å². The number of hydrogen-bond acceptors (Lipinski definition) is 4. The van der Waals surface area contributed by atoms with E-state index < -0.39 is 12.1 Å². The van der Waals surface area contributed by atoms with Crippen molar-refractivity contribution < 1.29 is 19.4 Å². The number of rotatable bonds is 11. The van der Waals surface area contributed by atoms with Gasteiger partial charge in [-0.1, -0.05) is 26.2 Å². The van der Waals surface area contributed by atoms with Gasteiger partial charge in [-0.15, -0.1) is 11.8 Å². The van der Waals surface area contributed by atoms with Crippen LogP contribution in [-0.4, -0.2) is 30.1 Å². The molecule has 4 heteroatoms. The fourth-order valence-corrected chi connectivity index (χ4v) is 3.61. The van der Waals surface area contributed by atoms with Gasteiger partial charge in [0.25, 0.3) is 0 Å². The Kier molecular flexibility index (Phi) is 11.2. The minimum Gasteiger partial charge on any atom is -0.467 e. The third-order valence-corrected chi connectivity index (χ3v) is 5.09. The summed E-state index contributed by atoms with van der Waals surface area (Å²) in [4.78, 5) is 23.3. The lowest BCUT2D eigenvalue weighted by molar-refractivity contribution is -0.150. The molecule has 1 rings (SSSR count). The summed E-state index contributed by atoms with van der Waals surface area (Å²) in [5.74, 6) is 7.02. The molecule has 0 saturated heterocycles. The van der Waals surface area contributed by atoms with Crippen LogP contribution < -0.4 is 0 Å². The van der Waals surface area contributed by atoms with Crippen LogP contribution in [0.5, 0.6) is 0 Å². The normalized spacial score (nSPS) is 20.8. The Morgan fingerprint density at radius 1 is 1.20 bits per heavy atom. The maximum absolute atomic E-state index is 12.1. The fraction of sp³-hybridized carbons (Fsp3) is 0.810. The standard InChI is InChI=1S/C21H34O4/c1-3-4-5-6-7-9-12-17-15-16-19(22)18(17)13-10-8-11-14-20(23)21(24)25-2/h17-18,20,23H,3-4,7-16H2,1-2H3/t17-,18+,20?/m0/s1. The van der Waals surface area contributed by atoms with Crippen LogP contribution in [0.25, 0.3) is 0 Å². The highest BCUT2D eigenvalue weighted by molar-refractivity contribution is 5.83. The van der Waals surface area contributed by atoms with Crippen molar-refractivity contribution in [3.8, 4) is 11.8 Å². The molecule has 1 aliphatic rings. The summed E-state index contributed by atoms with van der Waals surface area (Å²) in [5, 5.41) is 9.55. The summed E-state index contributed by atoms with van der Waals surface area (Å²) in [5.41, 5.74) is 0. The van der Waals surface area contributed by atoms with E-state index in [0.717, 1.165) is 70.6 Å². The van der Waals surface area contributed by atoms with Gasteiger partial charge in [-0.2, -0.15) is 0 Å². The maximum Gasteiger partial charge on any atom is 0.334 e. The van der Waals surface area contributed by atoms with E-state index in [0.29, 0.717) is 18.1 Å². The van der Waals surface area contributed by atoms with Crippen molar-refractivity contribution in [1.82, 2.24) is 0 Å². The molecule has 0 amide bonds. The van der Waals surface area contributed by atoms with Gasteiger partial charge in [0.1, 0.15) is 5.78 Å². The van der Waals surface area contributed by atoms with Crippen LogP contribution in [0.4, 0.5) is 0 Å². The van der Waals surface area contributed by atoms with Crippen LogP contribution in [0.3, 0.4) is 0 Å². The van der Waals surface area contributed by atoms with Crippen molar-refractivity contribution in [1.29, 1.82) is 0 Å². The van der Waals surface area contributed by atoms with Gasteiger partial charge in [0.05, 0.1) is 7.11 Å². The van der Waals surface area contributed by atoms with E-state index in [4.69, 9.17) is 0 Å². The molecule has 0 aromatic carbocycles. The monoisotopic (exact) mass is 350 g/mol. The summed E-state index contributed by atoms with van der Waals surface area (Å²) in [7, 11) is 1.28. The molecule has 1 saturated carbocycles. The molecular weight excluding hydrogens is 316 g/mol. The predicted molar refractivity (Wildman–Crippen MR) is 98.9 cm³/mol. The van der Waals surface area contributed by atoms with Crippen LogP contribution in [0.1, 0.15) is 84.0 Å². The van der Waals surface area contributed by atoms with Crippen LogP contribution >= 0.6 is 0 Å². The number of aliphatic hydroxyl groups is 1. The molecule has 4 nitrogen and oxygen atoms in total. The summed E-state index contributed by atoms with van der Waals surface area (Å²) >= 11 is 0. The van der Waals surface area contributed by atoms with E-state index in [2.05, 4.69) is 23.5 Å². The zero-order valence-corrected chi connectivity index (χ0v) is 15.9. The van der Waals surface area contributed by atoms with Gasteiger partial charge in [0.2, 0.25) is 0 Å². The number of esters is 1. The molecule has 142 valence electrons. The van der Waals surface area contributed by atoms with E-state index in [-0.39, 0.29) is 5.92 Å². The zero-order chi connectivity index (χ0) is 18.5. The first-order valence-corrected chi connectivity index (χ1v) is 9.84. The largest absolute Gasteiger partial charge is 0.467 e. The first kappa shape index (κ1) is 21.7. The molecule has 0 heterocycles. The van der Waals surface area contributed by atoms with Crippen LogP contribution in [0, 0.1) is 23.7 Å². The fourth-order valence-electron chi connectivity index (χ4n) is 3.61. The average Bonchev–Trinajstić information content (AvgIpc) is 2.96. The number of ketones is 1. The third-order valence-electron chi connectivity index (χ3n) is 5.09. The average molecular weight is 350 g/mol. The summed E-state index contributed by atoms with van der Waals surface area (Å²) < 4.78 is 4.50. The summed E-state index contributed by atoms with van der Waals surface area (Å²) in [6.45, 7) is 2.14. The van der Waals surface area contributed by atoms with Crippen LogP contribution in [-0.2, 0) is 14.3 Å². The second-order valence-electron chi connectivity index (χ2n) is 7.04. The smallest absolute Gasteiger partial charge is 0.334 e. The number of carbonyl (C=O) groups is 2. The Hall–Kier alpha value is -1.34. The van der Waals surface area contributed by atoms with Crippen molar-refractivity contribution in [2.45, 2.75) is 90.1 Å². The minimum absolute atomic E-state index is 0.217. The SMILES string of the molecule is CCCC#CCCC[C@H]1CCC(=O)[C@@H]1CCCCCC(O)C(=O)OC. The number of unbranched alkanes of at least 4 members (excludes halogenated alkanes) is 4. The predicted octanol–water partition coefficient (Wildman–Crippen LogP) is 4.04.